The minimum absolute atomic E-state index is 0.0804. The number of nitrogens with one attached hydrogen (secondary N) is 2. The van der Waals surface area contributed by atoms with Crippen molar-refractivity contribution in [2.45, 2.75) is 12.1 Å². The zero-order valence-electron chi connectivity index (χ0n) is 22.1. The van der Waals surface area contributed by atoms with Crippen molar-refractivity contribution >= 4 is 23.8 Å². The fourth-order valence-corrected chi connectivity index (χ4v) is 3.87. The lowest BCUT2D eigenvalue weighted by molar-refractivity contribution is -0.141. The predicted octanol–water partition coefficient (Wildman–Crippen LogP) is 2.83. The zero-order chi connectivity index (χ0) is 29.4. The van der Waals surface area contributed by atoms with Gasteiger partial charge in [0.05, 0.1) is 28.4 Å². The second kappa shape index (κ2) is 13.0. The lowest BCUT2D eigenvalue weighted by Gasteiger charge is -2.24. The first-order valence-corrected chi connectivity index (χ1v) is 11.7. The van der Waals surface area contributed by atoms with Crippen LogP contribution in [-0.2, 0) is 9.59 Å². The molecule has 0 aliphatic rings. The summed E-state index contributed by atoms with van der Waals surface area (Å²) in [6.45, 7) is 0. The molecule has 2 atom stereocenters. The molecule has 0 spiro atoms. The van der Waals surface area contributed by atoms with Gasteiger partial charge < -0.3 is 39.8 Å². The highest BCUT2D eigenvalue weighted by Gasteiger charge is 2.33. The largest absolute Gasteiger partial charge is 0.497 e. The summed E-state index contributed by atoms with van der Waals surface area (Å²) >= 11 is 0. The molecule has 12 nitrogen and oxygen atoms in total. The zero-order valence-corrected chi connectivity index (χ0v) is 22.1. The Bertz CT molecular complexity index is 1280. The number of hydrogen-bond acceptors (Lipinski definition) is 8. The number of hydrogen-bond donors (Lipinski definition) is 4. The molecule has 12 heteroatoms. The summed E-state index contributed by atoms with van der Waals surface area (Å²) in [5.74, 6) is -3.32. The highest BCUT2D eigenvalue weighted by Crippen LogP contribution is 2.37. The van der Waals surface area contributed by atoms with Gasteiger partial charge in [-0.1, -0.05) is 0 Å². The number of rotatable bonds is 12. The van der Waals surface area contributed by atoms with E-state index in [4.69, 9.17) is 18.9 Å². The van der Waals surface area contributed by atoms with Crippen molar-refractivity contribution in [2.24, 2.45) is 0 Å². The van der Waals surface area contributed by atoms with E-state index in [2.05, 4.69) is 10.6 Å². The third-order valence-corrected chi connectivity index (χ3v) is 5.96. The third kappa shape index (κ3) is 6.59. The first-order chi connectivity index (χ1) is 19.1. The topological polar surface area (TPSA) is 170 Å². The molecule has 0 aromatic heterocycles. The quantitative estimate of drug-likeness (QED) is 0.262. The Balaban J connectivity index is 2.07. The van der Waals surface area contributed by atoms with Gasteiger partial charge in [0.25, 0.3) is 11.8 Å². The maximum Gasteiger partial charge on any atom is 0.330 e. The van der Waals surface area contributed by atoms with Crippen LogP contribution in [0.4, 0.5) is 0 Å². The minimum Gasteiger partial charge on any atom is -0.497 e. The lowest BCUT2D eigenvalue weighted by Crippen LogP contribution is -2.38. The van der Waals surface area contributed by atoms with Crippen LogP contribution in [-0.4, -0.2) is 62.4 Å². The first-order valence-electron chi connectivity index (χ1n) is 11.7. The Hall–Kier alpha value is -5.26. The van der Waals surface area contributed by atoms with E-state index in [-0.39, 0.29) is 33.8 Å². The molecule has 0 unspecified atom stereocenters. The van der Waals surface area contributed by atoms with Crippen molar-refractivity contribution in [2.75, 3.05) is 28.4 Å². The van der Waals surface area contributed by atoms with E-state index < -0.39 is 35.8 Å². The molecule has 0 heterocycles. The minimum atomic E-state index is -1.73. The Morgan fingerprint density at radius 3 is 1.15 bits per heavy atom. The SMILES string of the molecule is COc1ccc(C(=O)N[C@H](C(=O)O)c2cc(OC)c(OC)cc2[C@@H](NC(=O)c2ccc(OC)cc2)C(=O)O)cc1. The second-order valence-electron chi connectivity index (χ2n) is 8.28. The summed E-state index contributed by atoms with van der Waals surface area (Å²) in [5.41, 5.74) is -0.0165. The van der Waals surface area contributed by atoms with Gasteiger partial charge in [-0.05, 0) is 71.8 Å². The molecule has 0 bridgehead atoms. The molecule has 0 fully saturated rings. The van der Waals surface area contributed by atoms with E-state index in [1.807, 2.05) is 0 Å². The number of benzene rings is 3. The Kier molecular flexibility index (Phi) is 9.52. The third-order valence-electron chi connectivity index (χ3n) is 5.96. The Morgan fingerprint density at radius 2 is 0.900 bits per heavy atom. The first kappa shape index (κ1) is 29.3. The number of carbonyl (C=O) groups excluding carboxylic acids is 2. The van der Waals surface area contributed by atoms with Gasteiger partial charge in [0, 0.05) is 11.1 Å². The van der Waals surface area contributed by atoms with Crippen molar-refractivity contribution in [1.29, 1.82) is 0 Å². The fourth-order valence-electron chi connectivity index (χ4n) is 3.87. The van der Waals surface area contributed by atoms with Crippen molar-refractivity contribution in [1.82, 2.24) is 10.6 Å². The average molecular weight is 553 g/mol. The van der Waals surface area contributed by atoms with E-state index in [0.717, 1.165) is 0 Å². The number of aliphatic carboxylic acids is 2. The standard InChI is InChI=1S/C28H28N2O10/c1-37-17-9-5-15(6-10-17)25(31)29-23(27(33)34)19-13-21(39-3)22(40-4)14-20(19)24(28(35)36)30-26(32)16-7-11-18(38-2)12-8-16/h5-14,23-24H,1-4H3,(H,29,31)(H,30,32)(H,33,34)(H,35,36)/t23-,24+. The van der Waals surface area contributed by atoms with Crippen LogP contribution >= 0.6 is 0 Å². The van der Waals surface area contributed by atoms with Gasteiger partial charge in [0.2, 0.25) is 0 Å². The van der Waals surface area contributed by atoms with E-state index in [9.17, 15) is 29.4 Å². The van der Waals surface area contributed by atoms with Gasteiger partial charge in [-0.15, -0.1) is 0 Å². The van der Waals surface area contributed by atoms with Crippen LogP contribution in [0.15, 0.2) is 60.7 Å². The smallest absolute Gasteiger partial charge is 0.330 e. The van der Waals surface area contributed by atoms with Crippen LogP contribution in [0, 0.1) is 0 Å². The van der Waals surface area contributed by atoms with Gasteiger partial charge in [-0.3, -0.25) is 9.59 Å². The van der Waals surface area contributed by atoms with Crippen LogP contribution in [0.3, 0.4) is 0 Å². The number of amides is 2. The van der Waals surface area contributed by atoms with Crippen LogP contribution in [0.1, 0.15) is 43.9 Å². The van der Waals surface area contributed by atoms with Crippen molar-refractivity contribution in [3.63, 3.8) is 0 Å². The Morgan fingerprint density at radius 1 is 0.575 bits per heavy atom. The maximum atomic E-state index is 13.0. The highest BCUT2D eigenvalue weighted by molar-refractivity contribution is 5.98. The monoisotopic (exact) mass is 552 g/mol. The van der Waals surface area contributed by atoms with E-state index in [1.165, 1.54) is 89.1 Å². The van der Waals surface area contributed by atoms with Crippen LogP contribution < -0.4 is 29.6 Å². The van der Waals surface area contributed by atoms with Gasteiger partial charge in [-0.2, -0.15) is 0 Å². The van der Waals surface area contributed by atoms with E-state index in [0.29, 0.717) is 11.5 Å². The number of ether oxygens (including phenoxy) is 4. The predicted molar refractivity (Wildman–Crippen MR) is 141 cm³/mol. The summed E-state index contributed by atoms with van der Waals surface area (Å²) in [6, 6.07) is 10.9. The summed E-state index contributed by atoms with van der Waals surface area (Å²) in [7, 11) is 5.54. The molecule has 0 saturated carbocycles. The van der Waals surface area contributed by atoms with E-state index in [1.54, 1.807) is 0 Å². The van der Waals surface area contributed by atoms with Crippen LogP contribution in [0.2, 0.25) is 0 Å². The van der Waals surface area contributed by atoms with Crippen molar-refractivity contribution in [3.8, 4) is 23.0 Å². The van der Waals surface area contributed by atoms with Gasteiger partial charge in [0.15, 0.2) is 23.6 Å². The van der Waals surface area contributed by atoms with Crippen LogP contribution in [0.25, 0.3) is 0 Å². The van der Waals surface area contributed by atoms with Gasteiger partial charge >= 0.3 is 11.9 Å². The molecule has 0 aliphatic heterocycles. The Labute approximate surface area is 229 Å². The molecular formula is C28H28N2O10. The summed E-state index contributed by atoms with van der Waals surface area (Å²) in [6.07, 6.45) is 0. The maximum absolute atomic E-state index is 13.0. The lowest BCUT2D eigenvalue weighted by atomic mass is 9.93. The molecule has 0 saturated heterocycles. The molecule has 40 heavy (non-hydrogen) atoms. The molecule has 2 amide bonds. The molecule has 0 radical (unpaired) electrons. The number of carboxylic acid groups (broad SMARTS) is 2. The molecule has 3 rings (SSSR count). The summed E-state index contributed by atoms with van der Waals surface area (Å²) in [4.78, 5) is 50.8. The second-order valence-corrected chi connectivity index (χ2v) is 8.28. The van der Waals surface area contributed by atoms with Crippen molar-refractivity contribution in [3.05, 3.63) is 82.9 Å². The molecular weight excluding hydrogens is 524 g/mol. The number of methoxy groups -OCH3 is 4. The van der Waals surface area contributed by atoms with E-state index >= 15 is 0 Å². The molecule has 3 aromatic rings. The highest BCUT2D eigenvalue weighted by atomic mass is 16.5. The molecule has 4 N–H and O–H groups in total. The number of carboxylic acids is 2. The van der Waals surface area contributed by atoms with Gasteiger partial charge in [0.1, 0.15) is 11.5 Å². The fraction of sp³-hybridized carbons (Fsp3) is 0.214. The number of carbonyl (C=O) groups is 4. The van der Waals surface area contributed by atoms with Crippen LogP contribution in [0.5, 0.6) is 23.0 Å². The summed E-state index contributed by atoms with van der Waals surface area (Å²) < 4.78 is 20.7. The average Bonchev–Trinajstić information content (AvgIpc) is 2.97. The van der Waals surface area contributed by atoms with Gasteiger partial charge in [-0.25, -0.2) is 9.59 Å². The normalized spacial score (nSPS) is 11.9. The molecule has 3 aromatic carbocycles. The molecule has 210 valence electrons. The summed E-state index contributed by atoms with van der Waals surface area (Å²) in [5, 5.41) is 25.0. The van der Waals surface area contributed by atoms with Crippen molar-refractivity contribution < 1.29 is 48.3 Å². The molecule has 0 aliphatic carbocycles.